The number of hydrogen-bond donors (Lipinski definition) is 1. The van der Waals surface area contributed by atoms with Gasteiger partial charge in [-0.2, -0.15) is 0 Å². The number of para-hydroxylation sites is 1. The molecule has 0 aromatic heterocycles. The first kappa shape index (κ1) is 16.3. The number of rotatable bonds is 6. The van der Waals surface area contributed by atoms with Crippen molar-refractivity contribution in [3.8, 4) is 11.5 Å². The molecule has 1 unspecified atom stereocenters. The zero-order chi connectivity index (χ0) is 15.3. The topological polar surface area (TPSA) is 29.5 Å². The van der Waals surface area contributed by atoms with E-state index in [0.717, 1.165) is 28.0 Å². The van der Waals surface area contributed by atoms with Crippen LogP contribution in [0, 0.1) is 0 Å². The second-order valence-corrected chi connectivity index (χ2v) is 6.36. The molecule has 0 saturated heterocycles. The first-order valence-corrected chi connectivity index (χ1v) is 8.17. The molecule has 2 aromatic rings. The normalized spacial score (nSPS) is 13.7. The summed E-state index contributed by atoms with van der Waals surface area (Å²) in [7, 11) is 0. The molecule has 2 aromatic carbocycles. The Morgan fingerprint density at radius 2 is 1.81 bits per heavy atom. The number of hydrogen-bond acceptors (Lipinski definition) is 2. The lowest BCUT2D eigenvalue weighted by atomic mass is 9.91. The molecule has 0 aliphatic rings. The van der Waals surface area contributed by atoms with Crippen molar-refractivity contribution in [2.24, 2.45) is 0 Å². The molecule has 0 heterocycles. The second-order valence-electron chi connectivity index (χ2n) is 5.12. The van der Waals surface area contributed by atoms with Crippen LogP contribution in [0.2, 0.25) is 0 Å². The molecule has 0 amide bonds. The largest absolute Gasteiger partial charge is 0.456 e. The van der Waals surface area contributed by atoms with Crippen LogP contribution in [0.1, 0.15) is 25.3 Å². The van der Waals surface area contributed by atoms with Gasteiger partial charge in [0.1, 0.15) is 11.5 Å². The first-order valence-electron chi connectivity index (χ1n) is 6.84. The summed E-state index contributed by atoms with van der Waals surface area (Å²) < 4.78 is 6.71. The van der Waals surface area contributed by atoms with Gasteiger partial charge in [-0.25, -0.2) is 0 Å². The van der Waals surface area contributed by atoms with E-state index < -0.39 is 5.60 Å². The Balaban J connectivity index is 2.10. The third kappa shape index (κ3) is 4.47. The van der Waals surface area contributed by atoms with Crippen molar-refractivity contribution in [3.05, 3.63) is 58.6 Å². The van der Waals surface area contributed by atoms with E-state index in [-0.39, 0.29) is 0 Å². The minimum absolute atomic E-state index is 0.555. The zero-order valence-corrected chi connectivity index (χ0v) is 14.2. The number of benzene rings is 2. The van der Waals surface area contributed by atoms with Gasteiger partial charge in [0.15, 0.2) is 0 Å². The molecule has 0 aliphatic carbocycles. The lowest BCUT2D eigenvalue weighted by Gasteiger charge is -2.23. The van der Waals surface area contributed by atoms with E-state index >= 15 is 0 Å². The van der Waals surface area contributed by atoms with E-state index in [1.54, 1.807) is 0 Å². The Hall–Kier alpha value is -1.03. The fourth-order valence-electron chi connectivity index (χ4n) is 2.09. The van der Waals surface area contributed by atoms with E-state index in [9.17, 15) is 5.11 Å². The van der Waals surface area contributed by atoms with Crippen LogP contribution in [-0.2, 0) is 5.60 Å². The van der Waals surface area contributed by atoms with Gasteiger partial charge >= 0.3 is 0 Å². The second kappa shape index (κ2) is 7.30. The minimum atomic E-state index is -0.860. The van der Waals surface area contributed by atoms with Crippen LogP contribution >= 0.6 is 27.5 Å². The quantitative estimate of drug-likeness (QED) is 0.684. The summed E-state index contributed by atoms with van der Waals surface area (Å²) in [5.41, 5.74) is 0.00731. The third-order valence-corrected chi connectivity index (χ3v) is 4.26. The molecule has 0 radical (unpaired) electrons. The van der Waals surface area contributed by atoms with E-state index in [0.29, 0.717) is 12.3 Å². The third-order valence-electron chi connectivity index (χ3n) is 3.34. The van der Waals surface area contributed by atoms with Gasteiger partial charge in [-0.1, -0.05) is 24.3 Å². The zero-order valence-electron chi connectivity index (χ0n) is 11.9. The molecule has 2 nitrogen and oxygen atoms in total. The summed E-state index contributed by atoms with van der Waals surface area (Å²) in [6, 6.07) is 15.2. The Morgan fingerprint density at radius 1 is 1.14 bits per heavy atom. The lowest BCUT2D eigenvalue weighted by Crippen LogP contribution is -2.21. The van der Waals surface area contributed by atoms with E-state index in [2.05, 4.69) is 15.9 Å². The highest BCUT2D eigenvalue weighted by Gasteiger charge is 2.22. The van der Waals surface area contributed by atoms with Crippen molar-refractivity contribution < 1.29 is 9.84 Å². The smallest absolute Gasteiger partial charge is 0.141 e. The van der Waals surface area contributed by atoms with Gasteiger partial charge in [0.2, 0.25) is 0 Å². The van der Waals surface area contributed by atoms with Crippen molar-refractivity contribution in [2.45, 2.75) is 25.4 Å². The molecule has 21 heavy (non-hydrogen) atoms. The summed E-state index contributed by atoms with van der Waals surface area (Å²) in [6.45, 7) is 1.81. The lowest BCUT2D eigenvalue weighted by molar-refractivity contribution is 0.0471. The predicted molar refractivity (Wildman–Crippen MR) is 90.2 cm³/mol. The highest BCUT2D eigenvalue weighted by atomic mass is 79.9. The molecular weight excluding hydrogens is 352 g/mol. The molecule has 4 heteroatoms. The van der Waals surface area contributed by atoms with E-state index in [1.807, 2.05) is 55.5 Å². The summed E-state index contributed by atoms with van der Waals surface area (Å²) >= 11 is 9.14. The van der Waals surface area contributed by atoms with Crippen molar-refractivity contribution in [2.75, 3.05) is 5.88 Å². The number of alkyl halides is 1. The average Bonchev–Trinajstić information content (AvgIpc) is 2.48. The average molecular weight is 370 g/mol. The molecule has 0 saturated carbocycles. The molecule has 0 bridgehead atoms. The maximum absolute atomic E-state index is 10.4. The molecule has 2 rings (SSSR count). The minimum Gasteiger partial charge on any atom is -0.456 e. The Kier molecular flexibility index (Phi) is 5.68. The van der Waals surface area contributed by atoms with Gasteiger partial charge in [-0.3, -0.25) is 0 Å². The van der Waals surface area contributed by atoms with Crippen LogP contribution in [0.4, 0.5) is 0 Å². The molecule has 0 aliphatic heterocycles. The van der Waals surface area contributed by atoms with Crippen LogP contribution in [0.25, 0.3) is 0 Å². The van der Waals surface area contributed by atoms with Gasteiger partial charge in [0.05, 0.1) is 10.1 Å². The summed E-state index contributed by atoms with van der Waals surface area (Å²) in [5.74, 6) is 2.05. The number of ether oxygens (including phenoxy) is 1. The predicted octanol–water partition coefficient (Wildman–Crippen LogP) is 5.47. The highest BCUT2D eigenvalue weighted by Crippen LogP contribution is 2.31. The summed E-state index contributed by atoms with van der Waals surface area (Å²) in [5, 5.41) is 10.4. The van der Waals surface area contributed by atoms with E-state index in [1.165, 1.54) is 0 Å². The molecular formula is C17H18BrClO2. The van der Waals surface area contributed by atoms with Gasteiger partial charge < -0.3 is 9.84 Å². The fourth-order valence-corrected chi connectivity index (χ4v) is 2.59. The first-order chi connectivity index (χ1) is 10.0. The number of halogens is 2. The maximum atomic E-state index is 10.4. The fraction of sp³-hybridized carbons (Fsp3) is 0.294. The van der Waals surface area contributed by atoms with Crippen LogP contribution in [-0.4, -0.2) is 11.0 Å². The SMILES string of the molecule is CC(O)(CCCCl)c1ccc(Oc2ccccc2Br)cc1. The summed E-state index contributed by atoms with van der Waals surface area (Å²) in [6.07, 6.45) is 1.42. The molecule has 1 N–H and O–H groups in total. The van der Waals surface area contributed by atoms with Gasteiger partial charge in [-0.15, -0.1) is 11.6 Å². The molecule has 0 spiro atoms. The van der Waals surface area contributed by atoms with Crippen LogP contribution in [0.15, 0.2) is 53.0 Å². The number of aliphatic hydroxyl groups is 1. The Labute approximate surface area is 138 Å². The van der Waals surface area contributed by atoms with E-state index in [4.69, 9.17) is 16.3 Å². The molecule has 1 atom stereocenters. The van der Waals surface area contributed by atoms with Gasteiger partial charge in [-0.05, 0) is 65.5 Å². The van der Waals surface area contributed by atoms with Crippen LogP contribution in [0.3, 0.4) is 0 Å². The van der Waals surface area contributed by atoms with Crippen molar-refractivity contribution >= 4 is 27.5 Å². The summed E-state index contributed by atoms with van der Waals surface area (Å²) in [4.78, 5) is 0. The van der Waals surface area contributed by atoms with Gasteiger partial charge in [0.25, 0.3) is 0 Å². The molecule has 0 fully saturated rings. The van der Waals surface area contributed by atoms with Crippen molar-refractivity contribution in [1.82, 2.24) is 0 Å². The van der Waals surface area contributed by atoms with Crippen LogP contribution in [0.5, 0.6) is 11.5 Å². The monoisotopic (exact) mass is 368 g/mol. The molecule has 112 valence electrons. The van der Waals surface area contributed by atoms with Crippen molar-refractivity contribution in [3.63, 3.8) is 0 Å². The van der Waals surface area contributed by atoms with Crippen LogP contribution < -0.4 is 4.74 Å². The highest BCUT2D eigenvalue weighted by molar-refractivity contribution is 9.10. The standard InChI is InChI=1S/C17H18BrClO2/c1-17(20,11-4-12-19)13-7-9-14(10-8-13)21-16-6-3-2-5-15(16)18/h2-3,5-10,20H,4,11-12H2,1H3. The van der Waals surface area contributed by atoms with Gasteiger partial charge in [0, 0.05) is 5.88 Å². The Morgan fingerprint density at radius 3 is 2.43 bits per heavy atom. The maximum Gasteiger partial charge on any atom is 0.141 e. The van der Waals surface area contributed by atoms with Crippen molar-refractivity contribution in [1.29, 1.82) is 0 Å². The Bertz CT molecular complexity index is 582.